The van der Waals surface area contributed by atoms with Crippen LogP contribution in [0.4, 0.5) is 22.7 Å². The molecule has 12 aromatic carbocycles. The topological polar surface area (TPSA) is 267 Å². The number of benzene rings is 12. The number of hydrogen-bond acceptors (Lipinski definition) is 13. The molecule has 2 heterocycles. The van der Waals surface area contributed by atoms with Gasteiger partial charge in [-0.1, -0.05) is 170 Å². The summed E-state index contributed by atoms with van der Waals surface area (Å²) in [6.45, 7) is 0. The minimum absolute atomic E-state index is 0. The van der Waals surface area contributed by atoms with Crippen molar-refractivity contribution in [3.05, 3.63) is 346 Å². The van der Waals surface area contributed by atoms with Crippen LogP contribution in [0.3, 0.4) is 0 Å². The van der Waals surface area contributed by atoms with Crippen molar-refractivity contribution in [1.29, 1.82) is 0 Å². The summed E-state index contributed by atoms with van der Waals surface area (Å²) in [6.07, 6.45) is 0. The molecule has 0 amide bonds. The van der Waals surface area contributed by atoms with Gasteiger partial charge in [-0.05, 0) is 146 Å². The second-order valence-corrected chi connectivity index (χ2v) is 29.8. The van der Waals surface area contributed by atoms with Gasteiger partial charge in [0.25, 0.3) is 0 Å². The number of hydrogen-bond donors (Lipinski definition) is 5. The maximum atomic E-state index is 8.25. The van der Waals surface area contributed by atoms with Crippen LogP contribution in [0, 0.1) is 30.6 Å². The smallest absolute Gasteiger partial charge is 0.445 e. The molecule has 16 nitrogen and oxygen atoms in total. The van der Waals surface area contributed by atoms with Crippen LogP contribution < -0.4 is 83.8 Å². The van der Waals surface area contributed by atoms with Gasteiger partial charge in [-0.25, -0.2) is 0 Å². The zero-order valence-electron chi connectivity index (χ0n) is 52.6. The Balaban J connectivity index is 0.000000288. The molecule has 97 heavy (non-hydrogen) atoms. The van der Waals surface area contributed by atoms with Crippen molar-refractivity contribution in [3.8, 4) is 23.0 Å². The molecule has 12 aromatic rings. The van der Waals surface area contributed by atoms with Crippen LogP contribution in [-0.4, -0.2) is 52.3 Å². The first-order valence-corrected chi connectivity index (χ1v) is 35.5. The Bertz CT molecular complexity index is 3590. The summed E-state index contributed by atoms with van der Waals surface area (Å²) in [7, 11) is -2.25. The molecule has 0 spiro atoms. The zero-order valence-corrected chi connectivity index (χ0v) is 61.0. The summed E-state index contributed by atoms with van der Waals surface area (Å²) in [4.78, 5) is 16.5. The molecule has 2 aliphatic heterocycles. The van der Waals surface area contributed by atoms with Crippen molar-refractivity contribution in [3.63, 3.8) is 0 Å². The fraction of sp³-hybridized carbons (Fsp3) is 0.0400. The number of ether oxygens (including phenoxy) is 2. The van der Waals surface area contributed by atoms with Gasteiger partial charge in [-0.2, -0.15) is 0 Å². The maximum absolute atomic E-state index is 8.25. The van der Waals surface area contributed by atoms with Gasteiger partial charge in [0.15, 0.2) is 23.0 Å². The minimum Gasteiger partial charge on any atom is -0.445 e. The van der Waals surface area contributed by atoms with Crippen LogP contribution in [0.5, 0.6) is 23.0 Å². The van der Waals surface area contributed by atoms with E-state index in [0.29, 0.717) is 0 Å². The average molecular weight is 1740 g/mol. The van der Waals surface area contributed by atoms with Crippen LogP contribution >= 0.6 is 31.7 Å². The van der Waals surface area contributed by atoms with E-state index in [4.69, 9.17) is 55.4 Å². The van der Waals surface area contributed by atoms with E-state index in [1.165, 1.54) is 63.7 Å². The van der Waals surface area contributed by atoms with Gasteiger partial charge in [0.05, 0.1) is 32.9 Å². The van der Waals surface area contributed by atoms with Crippen molar-refractivity contribution < 1.29 is 85.2 Å². The van der Waals surface area contributed by atoms with Gasteiger partial charge in [0, 0.05) is 21.3 Å². The minimum atomic E-state index is -1.75. The monoisotopic (exact) mass is 1740 g/mol. The molecule has 0 radical (unpaired) electrons. The van der Waals surface area contributed by atoms with E-state index in [2.05, 4.69) is 326 Å². The van der Waals surface area contributed by atoms with Crippen molar-refractivity contribution in [2.45, 2.75) is 0 Å². The quantitative estimate of drug-likeness (QED) is 0.0330. The number of nitrogens with zero attached hydrogens (tertiary/aromatic N) is 2. The molecule has 7 N–H and O–H groups in total. The van der Waals surface area contributed by atoms with E-state index >= 15 is 0 Å². The molecule has 0 saturated heterocycles. The summed E-state index contributed by atoms with van der Waals surface area (Å²) < 4.78 is 14.2. The van der Waals surface area contributed by atoms with Gasteiger partial charge in [0.2, 0.25) is 0 Å². The third-order valence-corrected chi connectivity index (χ3v) is 25.6. The van der Waals surface area contributed by atoms with Crippen LogP contribution in [0.2, 0.25) is 0 Å². The first-order chi connectivity index (χ1) is 46.2. The van der Waals surface area contributed by atoms with Gasteiger partial charge >= 0.3 is 44.8 Å². The molecule has 0 atom stereocenters. The molecule has 0 saturated carbocycles. The summed E-state index contributed by atoms with van der Waals surface area (Å²) in [5.74, 6) is 3.75. The fourth-order valence-electron chi connectivity index (χ4n) is 11.0. The van der Waals surface area contributed by atoms with Crippen LogP contribution in [0.1, 0.15) is 0 Å². The summed E-state index contributed by atoms with van der Waals surface area (Å²) >= 11 is 0. The molecule has 0 aliphatic carbocycles. The Morgan fingerprint density at radius 3 is 0.526 bits per heavy atom. The van der Waals surface area contributed by atoms with Crippen molar-refractivity contribution in [1.82, 2.24) is 0 Å². The summed E-state index contributed by atoms with van der Waals surface area (Å²) in [5, 5.41) is 73.7. The second-order valence-electron chi connectivity index (χ2n) is 20.1. The SMILES string of the molecule is CO.CO.CO.O.O=[N+]([O-])[O-].O=[N+]([O-])[O-].[Au+].[Au+].c1ccc([PH+](c2ccccc2)c2cccc3c2Oc2c(cccc2[PH+](c2ccccc2)c2ccccc2)N3)cc1.c1ccc([PH+](c2ccccc2)c2cccc3c2Oc2c(cccc2[PH+](c2ccccc2)c2ccccc2)N3)cc1. The van der Waals surface area contributed by atoms with Gasteiger partial charge in [-0.15, -0.1) is 0 Å². The normalized spacial score (nSPS) is 10.5. The zero-order chi connectivity index (χ0) is 66.6. The number of aliphatic hydroxyl groups excluding tert-OH is 3. The predicted octanol–water partition coefficient (Wildman–Crippen LogP) is 10.6. The van der Waals surface area contributed by atoms with Gasteiger partial charge < -0.3 is 71.5 Å². The van der Waals surface area contributed by atoms with Crippen LogP contribution in [0.15, 0.2) is 315 Å². The molecule has 0 aromatic heterocycles. The van der Waals surface area contributed by atoms with Crippen molar-refractivity contribution >= 4 is 118 Å². The number of fused-ring (bicyclic) bond motifs is 4. The summed E-state index contributed by atoms with van der Waals surface area (Å²) in [6, 6.07) is 113. The largest absolute Gasteiger partial charge is 1.00 e. The molecule has 0 fully saturated rings. The van der Waals surface area contributed by atoms with Crippen LogP contribution in [-0.2, 0) is 44.8 Å². The maximum Gasteiger partial charge on any atom is 1.00 e. The molecule has 0 unspecified atom stereocenters. The molecule has 502 valence electrons. The van der Waals surface area contributed by atoms with Crippen molar-refractivity contribution in [2.24, 2.45) is 0 Å². The average Bonchev–Trinajstić information content (AvgIpc) is 1.65. The molecule has 2 aliphatic rings. The molecule has 14 rings (SSSR count). The Morgan fingerprint density at radius 2 is 0.392 bits per heavy atom. The van der Waals surface area contributed by atoms with Gasteiger partial charge in [0.1, 0.15) is 95.3 Å². The fourth-order valence-corrected chi connectivity index (χ4v) is 21.7. The standard InChI is InChI=1S/2C36H27NOP2.3CH4O.2Au.2NO3.H2O/c2*1-5-15-27(16-6-1)39(28-17-7-2-8-18-28)33-25-13-23-31-35(33)38-36-32(37-31)24-14-26-34(36)40(29-19-9-3-10-20-29)30-21-11-4-12-22-30;3*1-2;;;2*2-1(3)4;/h2*1-26,37H;3*2H,1H3;;;;;1H2/q;;;;;2*+1;2*-1;/p+4. The third kappa shape index (κ3) is 20.7. The number of nitrogens with one attached hydrogen (secondary N) is 2. The molecular formula is C75H72Au2N4O12P4+4. The van der Waals surface area contributed by atoms with Crippen LogP contribution in [0.25, 0.3) is 0 Å². The van der Waals surface area contributed by atoms with E-state index in [9.17, 15) is 0 Å². The Morgan fingerprint density at radius 1 is 0.258 bits per heavy atom. The number of anilines is 4. The number of rotatable bonds is 12. The van der Waals surface area contributed by atoms with E-state index in [0.717, 1.165) is 67.1 Å². The van der Waals surface area contributed by atoms with Crippen molar-refractivity contribution in [2.75, 3.05) is 32.0 Å². The predicted molar refractivity (Wildman–Crippen MR) is 402 cm³/mol. The third-order valence-electron chi connectivity index (χ3n) is 14.6. The van der Waals surface area contributed by atoms with E-state index < -0.39 is 41.9 Å². The second kappa shape index (κ2) is 41.4. The Labute approximate surface area is 599 Å². The number of para-hydroxylation sites is 4. The van der Waals surface area contributed by atoms with E-state index in [-0.39, 0.29) is 50.2 Å². The first-order valence-electron chi connectivity index (χ1n) is 29.5. The Kier molecular flexibility index (Phi) is 33.7. The van der Waals surface area contributed by atoms with E-state index in [1.807, 2.05) is 0 Å². The number of aliphatic hydroxyl groups is 3. The Hall–Kier alpha value is -8.72. The molecule has 22 heteroatoms. The van der Waals surface area contributed by atoms with E-state index in [1.54, 1.807) is 0 Å². The van der Waals surface area contributed by atoms with Gasteiger partial charge in [-0.3, -0.25) is 0 Å². The summed E-state index contributed by atoms with van der Waals surface area (Å²) in [5.41, 5.74) is 4.07. The first kappa shape index (κ1) is 79.0. The molecular weight excluding hydrogens is 1670 g/mol. The molecule has 0 bridgehead atoms.